The van der Waals surface area contributed by atoms with Gasteiger partial charge in [-0.1, -0.05) is 29.8 Å². The van der Waals surface area contributed by atoms with Crippen LogP contribution in [0.15, 0.2) is 48.0 Å². The van der Waals surface area contributed by atoms with Crippen molar-refractivity contribution in [1.82, 2.24) is 0 Å². The summed E-state index contributed by atoms with van der Waals surface area (Å²) in [7, 11) is 0. The fourth-order valence-corrected chi connectivity index (χ4v) is 2.66. The van der Waals surface area contributed by atoms with Crippen LogP contribution in [0.5, 0.6) is 5.75 Å². The van der Waals surface area contributed by atoms with E-state index in [0.717, 1.165) is 0 Å². The first-order valence-electron chi connectivity index (χ1n) is 8.09. The lowest BCUT2D eigenvalue weighted by molar-refractivity contribution is -0.222. The SMILES string of the molecule is CC1(C)OC(=O)C(=Cc2cccc(OCc3ccc(F)cc3Cl)c2)C(=O)O1. The standard InChI is InChI=1S/C20H16ClFO5/c1-20(2)26-18(23)16(19(24)27-20)9-12-4-3-5-15(8-12)25-11-13-6-7-14(22)10-17(13)21/h3-10H,11H2,1-2H3. The van der Waals surface area contributed by atoms with Crippen molar-refractivity contribution < 1.29 is 28.2 Å². The lowest BCUT2D eigenvalue weighted by atomic mass is 10.1. The van der Waals surface area contributed by atoms with Gasteiger partial charge in [0.1, 0.15) is 23.7 Å². The van der Waals surface area contributed by atoms with E-state index in [-0.39, 0.29) is 17.2 Å². The molecule has 0 N–H and O–H groups in total. The van der Waals surface area contributed by atoms with Crippen LogP contribution in [0.1, 0.15) is 25.0 Å². The van der Waals surface area contributed by atoms with E-state index in [1.807, 2.05) is 0 Å². The molecule has 1 aliphatic heterocycles. The van der Waals surface area contributed by atoms with Crippen LogP contribution in [0.4, 0.5) is 4.39 Å². The molecule has 5 nitrogen and oxygen atoms in total. The third-order valence-corrected chi connectivity index (χ3v) is 4.05. The largest absolute Gasteiger partial charge is 0.489 e. The quantitative estimate of drug-likeness (QED) is 0.443. The Bertz CT molecular complexity index is 914. The first kappa shape index (κ1) is 18.9. The van der Waals surface area contributed by atoms with Gasteiger partial charge in [-0.15, -0.1) is 0 Å². The van der Waals surface area contributed by atoms with Crippen molar-refractivity contribution in [3.63, 3.8) is 0 Å². The third-order valence-electron chi connectivity index (χ3n) is 3.70. The maximum atomic E-state index is 13.1. The van der Waals surface area contributed by atoms with Crippen LogP contribution < -0.4 is 4.74 Å². The first-order chi connectivity index (χ1) is 12.7. The van der Waals surface area contributed by atoms with Crippen LogP contribution in [0.25, 0.3) is 6.08 Å². The summed E-state index contributed by atoms with van der Waals surface area (Å²) < 4.78 is 28.9. The van der Waals surface area contributed by atoms with E-state index in [0.29, 0.717) is 16.9 Å². The summed E-state index contributed by atoms with van der Waals surface area (Å²) in [6, 6.07) is 10.8. The topological polar surface area (TPSA) is 61.8 Å². The Hall–Kier alpha value is -2.86. The predicted octanol–water partition coefficient (Wildman–Crippen LogP) is 4.28. The van der Waals surface area contributed by atoms with Gasteiger partial charge in [-0.3, -0.25) is 0 Å². The zero-order chi connectivity index (χ0) is 19.6. The third kappa shape index (κ3) is 4.65. The van der Waals surface area contributed by atoms with Gasteiger partial charge in [0.2, 0.25) is 0 Å². The highest BCUT2D eigenvalue weighted by molar-refractivity contribution is 6.31. The Morgan fingerprint density at radius 2 is 1.81 bits per heavy atom. The number of cyclic esters (lactones) is 2. The van der Waals surface area contributed by atoms with Crippen LogP contribution in [0.2, 0.25) is 5.02 Å². The molecule has 0 saturated carbocycles. The maximum Gasteiger partial charge on any atom is 0.348 e. The van der Waals surface area contributed by atoms with Crippen molar-refractivity contribution in [3.05, 3.63) is 70.0 Å². The summed E-state index contributed by atoms with van der Waals surface area (Å²) in [4.78, 5) is 24.0. The molecule has 0 aromatic heterocycles. The summed E-state index contributed by atoms with van der Waals surface area (Å²) in [6.07, 6.45) is 1.37. The Labute approximate surface area is 160 Å². The Balaban J connectivity index is 1.76. The molecule has 3 rings (SSSR count). The lowest BCUT2D eigenvalue weighted by Gasteiger charge is -2.29. The normalized spacial score (nSPS) is 15.8. The molecule has 0 radical (unpaired) electrons. The molecule has 0 bridgehead atoms. The molecule has 0 spiro atoms. The number of rotatable bonds is 4. The Morgan fingerprint density at radius 1 is 1.11 bits per heavy atom. The van der Waals surface area contributed by atoms with Crippen LogP contribution in [0.3, 0.4) is 0 Å². The van der Waals surface area contributed by atoms with Gasteiger partial charge in [-0.2, -0.15) is 0 Å². The zero-order valence-electron chi connectivity index (χ0n) is 14.6. The highest BCUT2D eigenvalue weighted by Gasteiger charge is 2.38. The molecule has 2 aromatic carbocycles. The number of carbonyl (C=O) groups excluding carboxylic acids is 2. The summed E-state index contributed by atoms with van der Waals surface area (Å²) in [5.74, 6) is -2.72. The van der Waals surface area contributed by atoms with Crippen LogP contribution in [-0.4, -0.2) is 17.7 Å². The molecule has 1 fully saturated rings. The van der Waals surface area contributed by atoms with Crippen molar-refractivity contribution in [1.29, 1.82) is 0 Å². The minimum atomic E-state index is -1.29. The number of ether oxygens (including phenoxy) is 3. The average Bonchev–Trinajstić information content (AvgIpc) is 2.57. The van der Waals surface area contributed by atoms with Crippen molar-refractivity contribution >= 4 is 29.6 Å². The van der Waals surface area contributed by atoms with Crippen molar-refractivity contribution in [3.8, 4) is 5.75 Å². The zero-order valence-corrected chi connectivity index (χ0v) is 15.4. The second-order valence-electron chi connectivity index (χ2n) is 6.33. The molecule has 0 atom stereocenters. The molecule has 2 aromatic rings. The predicted molar refractivity (Wildman–Crippen MR) is 96.4 cm³/mol. The molecule has 7 heteroatoms. The van der Waals surface area contributed by atoms with E-state index in [1.165, 1.54) is 32.1 Å². The summed E-state index contributed by atoms with van der Waals surface area (Å²) in [6.45, 7) is 3.10. The molecule has 1 aliphatic rings. The second kappa shape index (κ2) is 7.40. The van der Waals surface area contributed by atoms with Crippen molar-refractivity contribution in [2.24, 2.45) is 0 Å². The number of hydrogen-bond donors (Lipinski definition) is 0. The van der Waals surface area contributed by atoms with Gasteiger partial charge in [-0.25, -0.2) is 14.0 Å². The second-order valence-corrected chi connectivity index (χ2v) is 6.74. The van der Waals surface area contributed by atoms with E-state index >= 15 is 0 Å². The fraction of sp³-hybridized carbons (Fsp3) is 0.200. The molecular formula is C20H16ClFO5. The van der Waals surface area contributed by atoms with Crippen LogP contribution >= 0.6 is 11.6 Å². The monoisotopic (exact) mass is 390 g/mol. The van der Waals surface area contributed by atoms with Gasteiger partial charge in [-0.05, 0) is 35.9 Å². The first-order valence-corrected chi connectivity index (χ1v) is 8.46. The number of esters is 2. The summed E-state index contributed by atoms with van der Waals surface area (Å²) in [5.41, 5.74) is 0.984. The van der Waals surface area contributed by atoms with Gasteiger partial charge < -0.3 is 14.2 Å². The molecule has 0 aliphatic carbocycles. The van der Waals surface area contributed by atoms with Crippen LogP contribution in [-0.2, 0) is 25.7 Å². The van der Waals surface area contributed by atoms with Gasteiger partial charge in [0.15, 0.2) is 0 Å². The Kier molecular flexibility index (Phi) is 5.19. The molecule has 140 valence electrons. The molecular weight excluding hydrogens is 375 g/mol. The molecule has 1 heterocycles. The lowest BCUT2D eigenvalue weighted by Crippen LogP contribution is -2.41. The van der Waals surface area contributed by atoms with Gasteiger partial charge in [0.05, 0.1) is 5.02 Å². The molecule has 0 unspecified atom stereocenters. The molecule has 1 saturated heterocycles. The summed E-state index contributed by atoms with van der Waals surface area (Å²) >= 11 is 5.98. The highest BCUT2D eigenvalue weighted by Crippen LogP contribution is 2.25. The molecule has 27 heavy (non-hydrogen) atoms. The minimum Gasteiger partial charge on any atom is -0.489 e. The maximum absolute atomic E-state index is 13.1. The number of benzene rings is 2. The van der Waals surface area contributed by atoms with E-state index in [9.17, 15) is 14.0 Å². The van der Waals surface area contributed by atoms with Crippen LogP contribution in [0, 0.1) is 5.82 Å². The van der Waals surface area contributed by atoms with Gasteiger partial charge in [0.25, 0.3) is 5.79 Å². The number of carbonyl (C=O) groups is 2. The smallest absolute Gasteiger partial charge is 0.348 e. The van der Waals surface area contributed by atoms with Crippen molar-refractivity contribution in [2.45, 2.75) is 26.2 Å². The average molecular weight is 391 g/mol. The van der Waals surface area contributed by atoms with Gasteiger partial charge in [0, 0.05) is 19.4 Å². The number of hydrogen-bond acceptors (Lipinski definition) is 5. The number of halogens is 2. The minimum absolute atomic E-state index is 0.136. The van der Waals surface area contributed by atoms with E-state index in [1.54, 1.807) is 30.3 Å². The van der Waals surface area contributed by atoms with Crippen molar-refractivity contribution in [2.75, 3.05) is 0 Å². The Morgan fingerprint density at radius 3 is 2.48 bits per heavy atom. The highest BCUT2D eigenvalue weighted by atomic mass is 35.5. The van der Waals surface area contributed by atoms with E-state index in [4.69, 9.17) is 25.8 Å². The fourth-order valence-electron chi connectivity index (χ4n) is 2.44. The summed E-state index contributed by atoms with van der Waals surface area (Å²) in [5, 5.41) is 0.267. The molecule has 0 amide bonds. The van der Waals surface area contributed by atoms with E-state index in [2.05, 4.69) is 0 Å². The van der Waals surface area contributed by atoms with Gasteiger partial charge >= 0.3 is 11.9 Å². The van der Waals surface area contributed by atoms with E-state index < -0.39 is 23.5 Å².